The van der Waals surface area contributed by atoms with E-state index in [2.05, 4.69) is 38.8 Å². The molecule has 2 bridgehead atoms. The zero-order valence-corrected chi connectivity index (χ0v) is 30.8. The highest BCUT2D eigenvalue weighted by Gasteiger charge is 2.80. The molecule has 50 heavy (non-hydrogen) atoms. The van der Waals surface area contributed by atoms with Crippen molar-refractivity contribution in [2.75, 3.05) is 42.6 Å². The predicted molar refractivity (Wildman–Crippen MR) is 199 cm³/mol. The Bertz CT molecular complexity index is 1540. The molecule has 3 fully saturated rings. The maximum absolute atomic E-state index is 15.2. The van der Waals surface area contributed by atoms with Gasteiger partial charge < -0.3 is 29.4 Å². The molecule has 3 saturated heterocycles. The van der Waals surface area contributed by atoms with Gasteiger partial charge in [-0.25, -0.2) is 0 Å². The largest absolute Gasteiger partial charge is 0.394 e. The number of benzene rings is 2. The van der Waals surface area contributed by atoms with Crippen molar-refractivity contribution in [3.63, 3.8) is 0 Å². The van der Waals surface area contributed by atoms with Crippen LogP contribution in [0.2, 0.25) is 0 Å². The summed E-state index contributed by atoms with van der Waals surface area (Å²) in [5.74, 6) is -2.45. The number of rotatable bonds is 16. The fourth-order valence-electron chi connectivity index (χ4n) is 8.97. The number of hydrogen-bond acceptors (Lipinski definition) is 6. The minimum absolute atomic E-state index is 0.114. The van der Waals surface area contributed by atoms with Gasteiger partial charge in [-0.3, -0.25) is 14.4 Å². The lowest BCUT2D eigenvalue weighted by atomic mass is 9.62. The molecule has 5 rings (SSSR count). The van der Waals surface area contributed by atoms with Gasteiger partial charge in [-0.15, -0.1) is 13.2 Å². The van der Waals surface area contributed by atoms with Gasteiger partial charge in [-0.1, -0.05) is 63.3 Å². The molecule has 1 spiro atoms. The smallest absolute Gasteiger partial charge is 0.253 e. The molecule has 2 aromatic rings. The number of carbonyl (C=O) groups excluding carboxylic acids is 3. The van der Waals surface area contributed by atoms with Gasteiger partial charge in [-0.05, 0) is 75.3 Å². The Morgan fingerprint density at radius 2 is 1.62 bits per heavy atom. The minimum Gasteiger partial charge on any atom is -0.394 e. The van der Waals surface area contributed by atoms with E-state index < -0.39 is 35.1 Å². The Hall–Kier alpha value is -3.95. The molecule has 0 radical (unpaired) electrons. The number of likely N-dealkylation sites (tertiary alicyclic amines) is 1. The second kappa shape index (κ2) is 15.1. The van der Waals surface area contributed by atoms with Crippen LogP contribution in [0.1, 0.15) is 59.9 Å². The van der Waals surface area contributed by atoms with Gasteiger partial charge in [0.2, 0.25) is 11.8 Å². The van der Waals surface area contributed by atoms with Gasteiger partial charge in [0.15, 0.2) is 0 Å². The highest BCUT2D eigenvalue weighted by atomic mass is 16.5. The van der Waals surface area contributed by atoms with Crippen LogP contribution in [0.25, 0.3) is 0 Å². The van der Waals surface area contributed by atoms with Gasteiger partial charge in [0.25, 0.3) is 5.91 Å². The lowest BCUT2D eigenvalue weighted by molar-refractivity contribution is -0.154. The molecule has 2 aromatic carbocycles. The van der Waals surface area contributed by atoms with Crippen molar-refractivity contribution in [1.29, 1.82) is 0 Å². The standard InChI is InChI=1S/C41H56N4O5/c1-9-22-43(26-30-16-14-13-15-17-30)37(47)34-35-38(48)45(33(27-46)24-28(5)6)36(41(35)25-29(7)40(34,8)50-41)39(49)44(23-10-2)32-20-18-31(19-21-32)42(11-3)12-4/h9-10,13-21,28-29,33-36,46H,1-2,11-12,22-27H2,3-8H3/t29?,33-,34+,35+,36?,40-,41?/m1/s1. The van der Waals surface area contributed by atoms with E-state index in [1.165, 1.54) is 0 Å². The average molecular weight is 685 g/mol. The summed E-state index contributed by atoms with van der Waals surface area (Å²) in [7, 11) is 0. The van der Waals surface area contributed by atoms with Crippen molar-refractivity contribution in [3.8, 4) is 0 Å². The van der Waals surface area contributed by atoms with Crippen LogP contribution in [0.5, 0.6) is 0 Å². The summed E-state index contributed by atoms with van der Waals surface area (Å²) in [5.41, 5.74) is 0.483. The summed E-state index contributed by atoms with van der Waals surface area (Å²) in [6, 6.07) is 16.0. The fraction of sp³-hybridized carbons (Fsp3) is 0.537. The molecule has 9 nitrogen and oxygen atoms in total. The van der Waals surface area contributed by atoms with Crippen molar-refractivity contribution >= 4 is 29.1 Å². The lowest BCUT2D eigenvalue weighted by Gasteiger charge is -2.40. The van der Waals surface area contributed by atoms with E-state index in [1.54, 1.807) is 26.9 Å². The van der Waals surface area contributed by atoms with Gasteiger partial charge in [0.1, 0.15) is 11.6 Å². The monoisotopic (exact) mass is 684 g/mol. The summed E-state index contributed by atoms with van der Waals surface area (Å²) in [6.45, 7) is 22.4. The Morgan fingerprint density at radius 3 is 2.18 bits per heavy atom. The quantitative estimate of drug-likeness (QED) is 0.229. The highest BCUT2D eigenvalue weighted by Crippen LogP contribution is 2.66. The number of aliphatic hydroxyl groups excluding tert-OH is 1. The zero-order chi connectivity index (χ0) is 36.4. The molecule has 0 aromatic heterocycles. The van der Waals surface area contributed by atoms with Crippen molar-refractivity contribution < 1.29 is 24.2 Å². The van der Waals surface area contributed by atoms with Crippen LogP contribution < -0.4 is 9.80 Å². The number of fused-ring (bicyclic) bond motifs is 1. The Morgan fingerprint density at radius 1 is 1.00 bits per heavy atom. The first-order valence-corrected chi connectivity index (χ1v) is 18.3. The van der Waals surface area contributed by atoms with Crippen LogP contribution in [0.3, 0.4) is 0 Å². The van der Waals surface area contributed by atoms with E-state index in [1.807, 2.05) is 75.4 Å². The maximum Gasteiger partial charge on any atom is 0.253 e. The van der Waals surface area contributed by atoms with E-state index in [0.717, 1.165) is 24.3 Å². The summed E-state index contributed by atoms with van der Waals surface area (Å²) < 4.78 is 7.08. The van der Waals surface area contributed by atoms with Gasteiger partial charge in [-0.2, -0.15) is 0 Å². The second-order valence-electron chi connectivity index (χ2n) is 14.8. The van der Waals surface area contributed by atoms with Crippen molar-refractivity contribution in [1.82, 2.24) is 9.80 Å². The Labute approximate surface area is 298 Å². The SMILES string of the molecule is C=CCN(Cc1ccccc1)C(=O)[C@@H]1[C@H]2C(=O)N([C@@H](CO)CC(C)C)C(C(=O)N(CC=C)c3ccc(N(CC)CC)cc3)C23CC(C)[C@@]1(C)O3. The Kier molecular flexibility index (Phi) is 11.3. The number of aliphatic hydroxyl groups is 1. The molecule has 270 valence electrons. The van der Waals surface area contributed by atoms with Crippen LogP contribution in [-0.2, 0) is 25.7 Å². The van der Waals surface area contributed by atoms with E-state index in [4.69, 9.17) is 4.74 Å². The minimum atomic E-state index is -1.25. The summed E-state index contributed by atoms with van der Waals surface area (Å²) >= 11 is 0. The highest BCUT2D eigenvalue weighted by molar-refractivity contribution is 6.05. The van der Waals surface area contributed by atoms with Crippen LogP contribution in [0, 0.1) is 23.7 Å². The lowest BCUT2D eigenvalue weighted by Crippen LogP contribution is -2.59. The van der Waals surface area contributed by atoms with E-state index in [-0.39, 0.29) is 42.7 Å². The Balaban J connectivity index is 1.61. The molecule has 1 N–H and O–H groups in total. The van der Waals surface area contributed by atoms with Gasteiger partial charge in [0, 0.05) is 44.1 Å². The molecule has 3 unspecified atom stereocenters. The maximum atomic E-state index is 15.2. The third kappa shape index (κ3) is 6.39. The molecular weight excluding hydrogens is 628 g/mol. The summed E-state index contributed by atoms with van der Waals surface area (Å²) in [6.07, 6.45) is 4.33. The average Bonchev–Trinajstić information content (AvgIpc) is 3.62. The first-order chi connectivity index (χ1) is 23.9. The molecule has 9 heteroatoms. The predicted octanol–water partition coefficient (Wildman–Crippen LogP) is 5.68. The number of anilines is 2. The second-order valence-corrected chi connectivity index (χ2v) is 14.8. The van der Waals surface area contributed by atoms with Crippen LogP contribution in [-0.4, -0.2) is 88.7 Å². The zero-order valence-electron chi connectivity index (χ0n) is 30.8. The molecule has 3 aliphatic rings. The van der Waals surface area contributed by atoms with Gasteiger partial charge >= 0.3 is 0 Å². The molecule has 0 saturated carbocycles. The molecule has 3 heterocycles. The van der Waals surface area contributed by atoms with Crippen LogP contribution in [0.4, 0.5) is 11.4 Å². The third-order valence-corrected chi connectivity index (χ3v) is 11.3. The number of amides is 3. The third-order valence-electron chi connectivity index (χ3n) is 11.3. The van der Waals surface area contributed by atoms with Crippen LogP contribution in [0.15, 0.2) is 79.9 Å². The van der Waals surface area contributed by atoms with E-state index in [0.29, 0.717) is 31.6 Å². The molecule has 3 aliphatic heterocycles. The van der Waals surface area contributed by atoms with E-state index >= 15 is 9.59 Å². The fourth-order valence-corrected chi connectivity index (χ4v) is 8.97. The van der Waals surface area contributed by atoms with Crippen molar-refractivity contribution in [2.45, 2.75) is 84.2 Å². The topological polar surface area (TPSA) is 93.6 Å². The van der Waals surface area contributed by atoms with Gasteiger partial charge in [0.05, 0.1) is 30.1 Å². The number of hydrogen-bond donors (Lipinski definition) is 1. The molecule has 0 aliphatic carbocycles. The normalized spacial score (nSPS) is 27.3. The first kappa shape index (κ1) is 37.3. The molecule has 7 atom stereocenters. The number of carbonyl (C=O) groups is 3. The first-order valence-electron chi connectivity index (χ1n) is 18.3. The van der Waals surface area contributed by atoms with E-state index in [9.17, 15) is 9.90 Å². The number of ether oxygens (including phenoxy) is 1. The van der Waals surface area contributed by atoms with Crippen LogP contribution >= 0.6 is 0 Å². The number of nitrogens with zero attached hydrogens (tertiary/aromatic N) is 4. The molecular formula is C41H56N4O5. The summed E-state index contributed by atoms with van der Waals surface area (Å²) in [5, 5.41) is 10.8. The summed E-state index contributed by atoms with van der Waals surface area (Å²) in [4.78, 5) is 52.3. The van der Waals surface area contributed by atoms with Crippen molar-refractivity contribution in [2.24, 2.45) is 23.7 Å². The molecule has 3 amide bonds. The van der Waals surface area contributed by atoms with Crippen molar-refractivity contribution in [3.05, 3.63) is 85.5 Å².